The number of tetrazole rings is 1. The second kappa shape index (κ2) is 5.71. The molecule has 8 heteroatoms. The molecule has 0 saturated carbocycles. The SMILES string of the molecule is O=C(O)c1csc(CNc2cccc(-n3cnnn3)c2)c1. The first-order valence-electron chi connectivity index (χ1n) is 6.10. The molecular formula is C13H11N5O2S. The fraction of sp³-hybridized carbons (Fsp3) is 0.0769. The van der Waals surface area contributed by atoms with E-state index in [0.717, 1.165) is 16.3 Å². The third-order valence-corrected chi connectivity index (χ3v) is 3.76. The number of benzene rings is 1. The van der Waals surface area contributed by atoms with Crippen molar-refractivity contribution in [3.05, 3.63) is 52.5 Å². The summed E-state index contributed by atoms with van der Waals surface area (Å²) in [6, 6.07) is 9.32. The van der Waals surface area contributed by atoms with E-state index in [9.17, 15) is 4.79 Å². The van der Waals surface area contributed by atoms with Gasteiger partial charge in [0.05, 0.1) is 11.3 Å². The van der Waals surface area contributed by atoms with E-state index in [4.69, 9.17) is 5.11 Å². The summed E-state index contributed by atoms with van der Waals surface area (Å²) >= 11 is 1.42. The van der Waals surface area contributed by atoms with Gasteiger partial charge in [0.1, 0.15) is 6.33 Å². The molecule has 2 N–H and O–H groups in total. The molecule has 3 rings (SSSR count). The van der Waals surface area contributed by atoms with E-state index in [0.29, 0.717) is 12.1 Å². The van der Waals surface area contributed by atoms with E-state index in [1.807, 2.05) is 24.3 Å². The first kappa shape index (κ1) is 13.3. The minimum atomic E-state index is -0.904. The molecule has 0 aliphatic heterocycles. The lowest BCUT2D eigenvalue weighted by Crippen LogP contribution is -2.00. The molecule has 0 aliphatic carbocycles. The topological polar surface area (TPSA) is 92.9 Å². The third-order valence-electron chi connectivity index (χ3n) is 2.83. The van der Waals surface area contributed by atoms with Gasteiger partial charge >= 0.3 is 5.97 Å². The van der Waals surface area contributed by atoms with Crippen LogP contribution in [-0.4, -0.2) is 31.3 Å². The molecule has 2 aromatic heterocycles. The zero-order chi connectivity index (χ0) is 14.7. The van der Waals surface area contributed by atoms with E-state index < -0.39 is 5.97 Å². The van der Waals surface area contributed by atoms with Crippen molar-refractivity contribution in [2.45, 2.75) is 6.54 Å². The van der Waals surface area contributed by atoms with Crippen LogP contribution in [0.2, 0.25) is 0 Å². The quantitative estimate of drug-likeness (QED) is 0.749. The Morgan fingerprint density at radius 2 is 2.29 bits per heavy atom. The summed E-state index contributed by atoms with van der Waals surface area (Å²) in [6.45, 7) is 0.566. The van der Waals surface area contributed by atoms with Crippen LogP contribution in [0.15, 0.2) is 42.0 Å². The minimum Gasteiger partial charge on any atom is -0.478 e. The zero-order valence-electron chi connectivity index (χ0n) is 10.8. The number of thiophene rings is 1. The van der Waals surface area contributed by atoms with Crippen molar-refractivity contribution in [2.75, 3.05) is 5.32 Å². The molecule has 3 aromatic rings. The average molecular weight is 301 g/mol. The van der Waals surface area contributed by atoms with Gasteiger partial charge in [0.2, 0.25) is 0 Å². The highest BCUT2D eigenvalue weighted by Crippen LogP contribution is 2.18. The zero-order valence-corrected chi connectivity index (χ0v) is 11.6. The first-order chi connectivity index (χ1) is 10.2. The first-order valence-corrected chi connectivity index (χ1v) is 6.98. The van der Waals surface area contributed by atoms with Crippen LogP contribution in [0.3, 0.4) is 0 Å². The second-order valence-electron chi connectivity index (χ2n) is 4.27. The summed E-state index contributed by atoms with van der Waals surface area (Å²) in [4.78, 5) is 11.8. The Kier molecular flexibility index (Phi) is 3.61. The molecule has 2 heterocycles. The van der Waals surface area contributed by atoms with Gasteiger partial charge in [0.15, 0.2) is 0 Å². The number of carboxylic acids is 1. The van der Waals surface area contributed by atoms with Crippen molar-refractivity contribution in [1.29, 1.82) is 0 Å². The fourth-order valence-corrected chi connectivity index (χ4v) is 2.61. The normalized spacial score (nSPS) is 10.5. The number of nitrogens with one attached hydrogen (secondary N) is 1. The van der Waals surface area contributed by atoms with Gasteiger partial charge in [-0.05, 0) is 34.7 Å². The Morgan fingerprint density at radius 1 is 1.38 bits per heavy atom. The van der Waals surface area contributed by atoms with Crippen molar-refractivity contribution in [3.63, 3.8) is 0 Å². The summed E-state index contributed by atoms with van der Waals surface area (Å²) in [6.07, 6.45) is 1.53. The maximum Gasteiger partial charge on any atom is 0.336 e. The van der Waals surface area contributed by atoms with Gasteiger partial charge in [-0.3, -0.25) is 0 Å². The Labute approximate surface area is 123 Å². The molecule has 0 aliphatic rings. The molecule has 0 unspecified atom stereocenters. The molecule has 0 bridgehead atoms. The van der Waals surface area contributed by atoms with Gasteiger partial charge in [-0.1, -0.05) is 6.07 Å². The van der Waals surface area contributed by atoms with Crippen molar-refractivity contribution in [2.24, 2.45) is 0 Å². The Hall–Kier alpha value is -2.74. The number of rotatable bonds is 5. The van der Waals surface area contributed by atoms with Gasteiger partial charge in [-0.25, -0.2) is 9.48 Å². The number of anilines is 1. The molecule has 0 amide bonds. The Balaban J connectivity index is 1.70. The standard InChI is InChI=1S/C13H11N5O2S/c19-13(20)9-4-12(21-7-9)6-14-10-2-1-3-11(5-10)18-8-15-16-17-18/h1-5,7-8,14H,6H2,(H,19,20). The lowest BCUT2D eigenvalue weighted by molar-refractivity contribution is 0.0697. The lowest BCUT2D eigenvalue weighted by Gasteiger charge is -2.06. The van der Waals surface area contributed by atoms with Crippen molar-refractivity contribution in [1.82, 2.24) is 20.2 Å². The van der Waals surface area contributed by atoms with Crippen molar-refractivity contribution < 1.29 is 9.90 Å². The molecule has 0 fully saturated rings. The third kappa shape index (κ3) is 3.06. The number of carboxylic acid groups (broad SMARTS) is 1. The average Bonchev–Trinajstić information content (AvgIpc) is 3.17. The van der Waals surface area contributed by atoms with E-state index in [1.54, 1.807) is 16.1 Å². The number of aromatic carboxylic acids is 1. The summed E-state index contributed by atoms with van der Waals surface area (Å²) in [5.74, 6) is -0.904. The van der Waals surface area contributed by atoms with Crippen LogP contribution in [-0.2, 0) is 6.54 Å². The predicted molar refractivity (Wildman–Crippen MR) is 77.8 cm³/mol. The summed E-state index contributed by atoms with van der Waals surface area (Å²) in [5.41, 5.74) is 2.08. The lowest BCUT2D eigenvalue weighted by atomic mass is 10.2. The molecule has 0 spiro atoms. The summed E-state index contributed by atoms with van der Waals surface area (Å²) in [5, 5.41) is 24.8. The second-order valence-corrected chi connectivity index (χ2v) is 5.26. The van der Waals surface area contributed by atoms with Gasteiger partial charge in [0.25, 0.3) is 0 Å². The van der Waals surface area contributed by atoms with Gasteiger partial charge in [-0.2, -0.15) is 0 Å². The van der Waals surface area contributed by atoms with Crippen molar-refractivity contribution in [3.8, 4) is 5.69 Å². The molecule has 0 radical (unpaired) electrons. The van der Waals surface area contributed by atoms with Crippen LogP contribution in [0, 0.1) is 0 Å². The fourth-order valence-electron chi connectivity index (χ4n) is 1.81. The van der Waals surface area contributed by atoms with E-state index >= 15 is 0 Å². The van der Waals surface area contributed by atoms with Crippen LogP contribution in [0.4, 0.5) is 5.69 Å². The smallest absolute Gasteiger partial charge is 0.336 e. The Bertz CT molecular complexity index is 754. The summed E-state index contributed by atoms with van der Waals surface area (Å²) < 4.78 is 1.57. The van der Waals surface area contributed by atoms with E-state index in [-0.39, 0.29) is 0 Å². The highest BCUT2D eigenvalue weighted by molar-refractivity contribution is 7.10. The molecule has 1 aromatic carbocycles. The largest absolute Gasteiger partial charge is 0.478 e. The van der Waals surface area contributed by atoms with Gasteiger partial charge in [-0.15, -0.1) is 16.4 Å². The Morgan fingerprint density at radius 3 is 3.00 bits per heavy atom. The highest BCUT2D eigenvalue weighted by atomic mass is 32.1. The number of nitrogens with zero attached hydrogens (tertiary/aromatic N) is 4. The van der Waals surface area contributed by atoms with Crippen LogP contribution in [0.1, 0.15) is 15.2 Å². The molecular weight excluding hydrogens is 290 g/mol. The van der Waals surface area contributed by atoms with Crippen LogP contribution < -0.4 is 5.32 Å². The molecule has 0 atom stereocenters. The maximum atomic E-state index is 10.8. The number of hydrogen-bond acceptors (Lipinski definition) is 6. The highest BCUT2D eigenvalue weighted by Gasteiger charge is 2.06. The van der Waals surface area contributed by atoms with E-state index in [2.05, 4.69) is 20.8 Å². The van der Waals surface area contributed by atoms with Gasteiger partial charge < -0.3 is 10.4 Å². The van der Waals surface area contributed by atoms with Crippen LogP contribution in [0.5, 0.6) is 0 Å². The van der Waals surface area contributed by atoms with Crippen LogP contribution in [0.25, 0.3) is 5.69 Å². The van der Waals surface area contributed by atoms with Gasteiger partial charge in [0, 0.05) is 22.5 Å². The predicted octanol–water partition coefficient (Wildman–Crippen LogP) is 2.03. The van der Waals surface area contributed by atoms with Crippen molar-refractivity contribution >= 4 is 23.0 Å². The molecule has 7 nitrogen and oxygen atoms in total. The van der Waals surface area contributed by atoms with E-state index in [1.165, 1.54) is 17.7 Å². The molecule has 106 valence electrons. The summed E-state index contributed by atoms with van der Waals surface area (Å²) in [7, 11) is 0. The monoisotopic (exact) mass is 301 g/mol. The minimum absolute atomic E-state index is 0.319. The molecule has 0 saturated heterocycles. The maximum absolute atomic E-state index is 10.8. The number of hydrogen-bond donors (Lipinski definition) is 2. The number of aromatic nitrogens is 4. The number of carbonyl (C=O) groups is 1. The van der Waals surface area contributed by atoms with Crippen LogP contribution >= 0.6 is 11.3 Å². The molecule has 21 heavy (non-hydrogen) atoms.